The number of nitrogens with one attached hydrogen (secondary N) is 1. The zero-order valence-corrected chi connectivity index (χ0v) is 11.4. The molecule has 1 aromatic rings. The molecule has 0 spiro atoms. The van der Waals surface area contributed by atoms with E-state index in [0.29, 0.717) is 30.1 Å². The Morgan fingerprint density at radius 1 is 1.50 bits per heavy atom. The zero-order chi connectivity index (χ0) is 13.1. The number of nitrogens with zero attached hydrogens (tertiary/aromatic N) is 1. The molecule has 2 rings (SSSR count). The Morgan fingerprint density at radius 3 is 2.89 bits per heavy atom. The van der Waals surface area contributed by atoms with Gasteiger partial charge in [-0.15, -0.1) is 0 Å². The largest absolute Gasteiger partial charge is 0.476 e. The van der Waals surface area contributed by atoms with Crippen LogP contribution in [0.1, 0.15) is 33.6 Å². The molecule has 4 nitrogen and oxygen atoms in total. The van der Waals surface area contributed by atoms with Gasteiger partial charge in [0.2, 0.25) is 5.88 Å². The summed E-state index contributed by atoms with van der Waals surface area (Å²) < 4.78 is 5.62. The first-order valence-corrected chi connectivity index (χ1v) is 6.76. The molecule has 0 aromatic carbocycles. The van der Waals surface area contributed by atoms with E-state index in [1.807, 2.05) is 12.1 Å². The third-order valence-corrected chi connectivity index (χ3v) is 3.22. The molecule has 0 bridgehead atoms. The molecule has 18 heavy (non-hydrogen) atoms. The SMILES string of the molecule is CCC1CC1Nc1ccc(N)c(OCC(C)C)n1. The van der Waals surface area contributed by atoms with E-state index >= 15 is 0 Å². The molecule has 0 radical (unpaired) electrons. The van der Waals surface area contributed by atoms with Crippen LogP contribution in [0.3, 0.4) is 0 Å². The predicted molar refractivity (Wildman–Crippen MR) is 74.8 cm³/mol. The van der Waals surface area contributed by atoms with E-state index in [4.69, 9.17) is 10.5 Å². The fraction of sp³-hybridized carbons (Fsp3) is 0.643. The quantitative estimate of drug-likeness (QED) is 0.813. The van der Waals surface area contributed by atoms with E-state index in [1.54, 1.807) is 0 Å². The lowest BCUT2D eigenvalue weighted by Crippen LogP contribution is -2.10. The maximum atomic E-state index is 5.86. The van der Waals surface area contributed by atoms with Crippen molar-refractivity contribution in [1.82, 2.24) is 4.98 Å². The van der Waals surface area contributed by atoms with Gasteiger partial charge in [-0.1, -0.05) is 27.2 Å². The lowest BCUT2D eigenvalue weighted by Gasteiger charge is -2.12. The molecular formula is C14H23N3O. The zero-order valence-electron chi connectivity index (χ0n) is 11.4. The van der Waals surface area contributed by atoms with Crippen molar-refractivity contribution in [3.63, 3.8) is 0 Å². The average Bonchev–Trinajstić information content (AvgIpc) is 3.08. The fourth-order valence-corrected chi connectivity index (χ4v) is 1.96. The third kappa shape index (κ3) is 3.28. The van der Waals surface area contributed by atoms with Crippen molar-refractivity contribution in [3.05, 3.63) is 12.1 Å². The van der Waals surface area contributed by atoms with Crippen LogP contribution >= 0.6 is 0 Å². The van der Waals surface area contributed by atoms with Gasteiger partial charge in [0.25, 0.3) is 0 Å². The van der Waals surface area contributed by atoms with E-state index < -0.39 is 0 Å². The van der Waals surface area contributed by atoms with E-state index in [-0.39, 0.29) is 0 Å². The second-order valence-corrected chi connectivity index (χ2v) is 5.45. The Labute approximate surface area is 109 Å². The normalized spacial score (nSPS) is 22.0. The van der Waals surface area contributed by atoms with Gasteiger partial charge in [0, 0.05) is 6.04 Å². The maximum absolute atomic E-state index is 5.86. The number of nitrogens with two attached hydrogens (primary N) is 1. The van der Waals surface area contributed by atoms with E-state index in [9.17, 15) is 0 Å². The van der Waals surface area contributed by atoms with Crippen molar-refractivity contribution < 1.29 is 4.74 Å². The van der Waals surface area contributed by atoms with Crippen LogP contribution in [-0.2, 0) is 0 Å². The van der Waals surface area contributed by atoms with Crippen molar-refractivity contribution in [1.29, 1.82) is 0 Å². The number of aromatic nitrogens is 1. The van der Waals surface area contributed by atoms with E-state index in [2.05, 4.69) is 31.1 Å². The summed E-state index contributed by atoms with van der Waals surface area (Å²) in [6.45, 7) is 7.07. The second-order valence-electron chi connectivity index (χ2n) is 5.45. The summed E-state index contributed by atoms with van der Waals surface area (Å²) in [6, 6.07) is 4.35. The first-order valence-electron chi connectivity index (χ1n) is 6.76. The van der Waals surface area contributed by atoms with Crippen molar-refractivity contribution in [2.45, 2.75) is 39.7 Å². The van der Waals surface area contributed by atoms with Crippen molar-refractivity contribution in [2.24, 2.45) is 11.8 Å². The first-order chi connectivity index (χ1) is 8.60. The van der Waals surface area contributed by atoms with Gasteiger partial charge in [0.1, 0.15) is 5.82 Å². The highest BCUT2D eigenvalue weighted by atomic mass is 16.5. The van der Waals surface area contributed by atoms with Crippen molar-refractivity contribution in [2.75, 3.05) is 17.7 Å². The molecule has 2 atom stereocenters. The fourth-order valence-electron chi connectivity index (χ4n) is 1.96. The summed E-state index contributed by atoms with van der Waals surface area (Å²) in [5.41, 5.74) is 6.46. The minimum atomic E-state index is 0.468. The summed E-state index contributed by atoms with van der Waals surface area (Å²) in [7, 11) is 0. The number of ether oxygens (including phenoxy) is 1. The highest BCUT2D eigenvalue weighted by Crippen LogP contribution is 2.36. The smallest absolute Gasteiger partial charge is 0.239 e. The highest BCUT2D eigenvalue weighted by Gasteiger charge is 2.35. The highest BCUT2D eigenvalue weighted by molar-refractivity contribution is 5.54. The van der Waals surface area contributed by atoms with Gasteiger partial charge < -0.3 is 15.8 Å². The van der Waals surface area contributed by atoms with Gasteiger partial charge in [-0.05, 0) is 30.4 Å². The first kappa shape index (κ1) is 13.0. The van der Waals surface area contributed by atoms with Gasteiger partial charge in [0.05, 0.1) is 12.3 Å². The van der Waals surface area contributed by atoms with Crippen LogP contribution in [-0.4, -0.2) is 17.6 Å². The van der Waals surface area contributed by atoms with Crippen molar-refractivity contribution in [3.8, 4) is 5.88 Å². The summed E-state index contributed by atoms with van der Waals surface area (Å²) in [4.78, 5) is 4.43. The lowest BCUT2D eigenvalue weighted by atomic mass is 10.2. The molecule has 0 amide bonds. The minimum Gasteiger partial charge on any atom is -0.476 e. The second kappa shape index (κ2) is 5.46. The minimum absolute atomic E-state index is 0.468. The van der Waals surface area contributed by atoms with E-state index in [1.165, 1.54) is 12.8 Å². The van der Waals surface area contributed by atoms with Crippen LogP contribution in [0.5, 0.6) is 5.88 Å². The molecule has 3 N–H and O–H groups in total. The van der Waals surface area contributed by atoms with Crippen LogP contribution in [0, 0.1) is 11.8 Å². The van der Waals surface area contributed by atoms with Crippen LogP contribution in [0.25, 0.3) is 0 Å². The number of hydrogen-bond acceptors (Lipinski definition) is 4. The summed E-state index contributed by atoms with van der Waals surface area (Å²) in [5, 5.41) is 3.43. The molecule has 2 unspecified atom stereocenters. The van der Waals surface area contributed by atoms with Gasteiger partial charge >= 0.3 is 0 Å². The third-order valence-electron chi connectivity index (χ3n) is 3.22. The molecule has 1 fully saturated rings. The number of pyridine rings is 1. The van der Waals surface area contributed by atoms with Gasteiger partial charge in [0.15, 0.2) is 0 Å². The Balaban J connectivity index is 1.97. The standard InChI is InChI=1S/C14H23N3O/c1-4-10-7-12(10)16-13-6-5-11(15)14(17-13)18-8-9(2)3/h5-6,9-10,12H,4,7-8,15H2,1-3H3,(H,16,17). The van der Waals surface area contributed by atoms with Crippen LogP contribution in [0.4, 0.5) is 11.5 Å². The molecule has 4 heteroatoms. The van der Waals surface area contributed by atoms with Crippen molar-refractivity contribution >= 4 is 11.5 Å². The van der Waals surface area contributed by atoms with Crippen LogP contribution in [0.2, 0.25) is 0 Å². The van der Waals surface area contributed by atoms with E-state index in [0.717, 1.165) is 11.7 Å². The molecule has 1 aliphatic carbocycles. The summed E-state index contributed by atoms with van der Waals surface area (Å²) in [5.74, 6) is 2.67. The van der Waals surface area contributed by atoms with Gasteiger partial charge in [-0.2, -0.15) is 4.98 Å². The molecule has 1 aliphatic rings. The number of anilines is 2. The van der Waals surface area contributed by atoms with Crippen LogP contribution in [0.15, 0.2) is 12.1 Å². The monoisotopic (exact) mass is 249 g/mol. The summed E-state index contributed by atoms with van der Waals surface area (Å²) in [6.07, 6.45) is 2.47. The molecule has 0 aliphatic heterocycles. The Bertz CT molecular complexity index is 406. The Morgan fingerprint density at radius 2 is 2.28 bits per heavy atom. The average molecular weight is 249 g/mol. The van der Waals surface area contributed by atoms with Gasteiger partial charge in [-0.25, -0.2) is 0 Å². The number of nitrogen functional groups attached to an aromatic ring is 1. The molecule has 0 saturated heterocycles. The Hall–Kier alpha value is -1.45. The van der Waals surface area contributed by atoms with Gasteiger partial charge in [-0.3, -0.25) is 0 Å². The molecule has 100 valence electrons. The summed E-state index contributed by atoms with van der Waals surface area (Å²) >= 11 is 0. The topological polar surface area (TPSA) is 60.2 Å². The molecule has 1 saturated carbocycles. The lowest BCUT2D eigenvalue weighted by molar-refractivity contribution is 0.263. The number of rotatable bonds is 6. The van der Waals surface area contributed by atoms with Crippen LogP contribution < -0.4 is 15.8 Å². The predicted octanol–water partition coefficient (Wildman–Crippen LogP) is 2.91. The Kier molecular flexibility index (Phi) is 3.94. The molecular weight excluding hydrogens is 226 g/mol. The number of hydrogen-bond donors (Lipinski definition) is 2. The molecule has 1 aromatic heterocycles. The molecule has 1 heterocycles. The maximum Gasteiger partial charge on any atom is 0.239 e.